The molecule has 2 aromatic carbocycles. The van der Waals surface area contributed by atoms with Crippen molar-refractivity contribution in [2.75, 3.05) is 6.54 Å². The number of rotatable bonds is 6. The smallest absolute Gasteiger partial charge is 0.0360 e. The Morgan fingerprint density at radius 2 is 1.75 bits per heavy atom. The molecule has 1 atom stereocenters. The van der Waals surface area contributed by atoms with Gasteiger partial charge in [0.05, 0.1) is 0 Å². The lowest BCUT2D eigenvalue weighted by Gasteiger charge is -2.20. The molecule has 1 unspecified atom stereocenters. The van der Waals surface area contributed by atoms with Gasteiger partial charge in [-0.3, -0.25) is 0 Å². The minimum absolute atomic E-state index is 0.400. The average molecular weight is 267 g/mol. The first-order chi connectivity index (χ1) is 9.70. The molecule has 106 valence electrons. The molecule has 2 aromatic rings. The third kappa shape index (κ3) is 3.94. The first-order valence-electron chi connectivity index (χ1n) is 7.55. The van der Waals surface area contributed by atoms with Crippen molar-refractivity contribution in [3.8, 4) is 0 Å². The molecule has 0 saturated carbocycles. The molecular weight excluding hydrogens is 242 g/mol. The standard InChI is InChI=1S/C19H25N/c1-4-12-20-19(17-8-6-5-7-9-17)14-18-13-15(2)10-11-16(18)3/h5-11,13,19-20H,4,12,14H2,1-3H3. The van der Waals surface area contributed by atoms with Gasteiger partial charge in [-0.15, -0.1) is 0 Å². The van der Waals surface area contributed by atoms with Gasteiger partial charge < -0.3 is 5.32 Å². The van der Waals surface area contributed by atoms with E-state index in [0.29, 0.717) is 6.04 Å². The quantitative estimate of drug-likeness (QED) is 0.807. The van der Waals surface area contributed by atoms with E-state index in [9.17, 15) is 0 Å². The van der Waals surface area contributed by atoms with Gasteiger partial charge in [-0.1, -0.05) is 61.0 Å². The zero-order valence-corrected chi connectivity index (χ0v) is 12.8. The number of benzene rings is 2. The highest BCUT2D eigenvalue weighted by molar-refractivity contribution is 5.32. The Labute approximate surface area is 123 Å². The fourth-order valence-corrected chi connectivity index (χ4v) is 2.55. The number of hydrogen-bond donors (Lipinski definition) is 1. The highest BCUT2D eigenvalue weighted by Crippen LogP contribution is 2.21. The largest absolute Gasteiger partial charge is 0.310 e. The lowest BCUT2D eigenvalue weighted by Crippen LogP contribution is -2.24. The summed E-state index contributed by atoms with van der Waals surface area (Å²) in [4.78, 5) is 0. The molecule has 20 heavy (non-hydrogen) atoms. The van der Waals surface area contributed by atoms with Crippen LogP contribution in [0.4, 0.5) is 0 Å². The van der Waals surface area contributed by atoms with E-state index in [4.69, 9.17) is 0 Å². The van der Waals surface area contributed by atoms with Gasteiger partial charge in [-0.2, -0.15) is 0 Å². The predicted molar refractivity (Wildman–Crippen MR) is 87.1 cm³/mol. The lowest BCUT2D eigenvalue weighted by atomic mass is 9.95. The molecule has 0 aromatic heterocycles. The van der Waals surface area contributed by atoms with Gasteiger partial charge in [0, 0.05) is 6.04 Å². The van der Waals surface area contributed by atoms with Gasteiger partial charge in [-0.05, 0) is 49.9 Å². The number of hydrogen-bond acceptors (Lipinski definition) is 1. The van der Waals surface area contributed by atoms with Crippen molar-refractivity contribution >= 4 is 0 Å². The third-order valence-corrected chi connectivity index (χ3v) is 3.77. The second-order valence-electron chi connectivity index (χ2n) is 5.55. The Bertz CT molecular complexity index is 531. The van der Waals surface area contributed by atoms with Crippen LogP contribution < -0.4 is 5.32 Å². The maximum atomic E-state index is 3.68. The summed E-state index contributed by atoms with van der Waals surface area (Å²) < 4.78 is 0. The topological polar surface area (TPSA) is 12.0 Å². The molecular formula is C19H25N. The van der Waals surface area contributed by atoms with E-state index in [1.165, 1.54) is 22.3 Å². The third-order valence-electron chi connectivity index (χ3n) is 3.77. The van der Waals surface area contributed by atoms with Gasteiger partial charge in [0.25, 0.3) is 0 Å². The van der Waals surface area contributed by atoms with Crippen LogP contribution >= 0.6 is 0 Å². The Morgan fingerprint density at radius 1 is 1.00 bits per heavy atom. The van der Waals surface area contributed by atoms with Crippen LogP contribution in [-0.4, -0.2) is 6.54 Å². The van der Waals surface area contributed by atoms with Crippen LogP contribution in [0.15, 0.2) is 48.5 Å². The van der Waals surface area contributed by atoms with Crippen LogP contribution in [-0.2, 0) is 6.42 Å². The highest BCUT2D eigenvalue weighted by Gasteiger charge is 2.12. The molecule has 0 aliphatic rings. The molecule has 0 fully saturated rings. The summed E-state index contributed by atoms with van der Waals surface area (Å²) in [6.45, 7) is 7.65. The van der Waals surface area contributed by atoms with E-state index in [1.54, 1.807) is 0 Å². The fraction of sp³-hybridized carbons (Fsp3) is 0.368. The maximum Gasteiger partial charge on any atom is 0.0360 e. The Morgan fingerprint density at radius 3 is 2.45 bits per heavy atom. The van der Waals surface area contributed by atoms with Gasteiger partial charge in [0.15, 0.2) is 0 Å². The molecule has 0 aliphatic heterocycles. The highest BCUT2D eigenvalue weighted by atomic mass is 14.9. The van der Waals surface area contributed by atoms with E-state index >= 15 is 0 Å². The molecule has 0 saturated heterocycles. The zero-order valence-electron chi connectivity index (χ0n) is 12.8. The minimum Gasteiger partial charge on any atom is -0.310 e. The molecule has 0 bridgehead atoms. The summed E-state index contributed by atoms with van der Waals surface area (Å²) in [6.07, 6.45) is 2.22. The second kappa shape index (κ2) is 7.25. The van der Waals surface area contributed by atoms with Crippen LogP contribution in [0.25, 0.3) is 0 Å². The van der Waals surface area contributed by atoms with Crippen molar-refractivity contribution in [2.24, 2.45) is 0 Å². The second-order valence-corrected chi connectivity index (χ2v) is 5.55. The van der Waals surface area contributed by atoms with Crippen LogP contribution in [0.5, 0.6) is 0 Å². The van der Waals surface area contributed by atoms with Gasteiger partial charge in [-0.25, -0.2) is 0 Å². The first kappa shape index (κ1) is 14.8. The minimum atomic E-state index is 0.400. The first-order valence-corrected chi connectivity index (χ1v) is 7.55. The van der Waals surface area contributed by atoms with E-state index < -0.39 is 0 Å². The molecule has 2 rings (SSSR count). The van der Waals surface area contributed by atoms with Crippen molar-refractivity contribution in [1.82, 2.24) is 5.32 Å². The summed E-state index contributed by atoms with van der Waals surface area (Å²) in [7, 11) is 0. The molecule has 1 N–H and O–H groups in total. The number of nitrogens with one attached hydrogen (secondary N) is 1. The molecule has 1 nitrogen and oxygen atoms in total. The van der Waals surface area contributed by atoms with Crippen molar-refractivity contribution < 1.29 is 0 Å². The van der Waals surface area contributed by atoms with Gasteiger partial charge in [0.2, 0.25) is 0 Å². The molecule has 0 amide bonds. The summed E-state index contributed by atoms with van der Waals surface area (Å²) >= 11 is 0. The molecule has 0 aliphatic carbocycles. The monoisotopic (exact) mass is 267 g/mol. The summed E-state index contributed by atoms with van der Waals surface area (Å²) in [5.74, 6) is 0. The Hall–Kier alpha value is -1.60. The molecule has 1 heteroatoms. The van der Waals surface area contributed by atoms with Crippen molar-refractivity contribution in [2.45, 2.75) is 39.7 Å². The van der Waals surface area contributed by atoms with Crippen LogP contribution in [0.3, 0.4) is 0 Å². The summed E-state index contributed by atoms with van der Waals surface area (Å²) in [5, 5.41) is 3.68. The lowest BCUT2D eigenvalue weighted by molar-refractivity contribution is 0.528. The Kier molecular flexibility index (Phi) is 5.37. The van der Waals surface area contributed by atoms with Crippen molar-refractivity contribution in [3.63, 3.8) is 0 Å². The maximum absolute atomic E-state index is 3.68. The van der Waals surface area contributed by atoms with E-state index in [1.807, 2.05) is 0 Å². The predicted octanol–water partition coefficient (Wildman–Crippen LogP) is 4.59. The zero-order chi connectivity index (χ0) is 14.4. The van der Waals surface area contributed by atoms with E-state index in [-0.39, 0.29) is 0 Å². The molecule has 0 heterocycles. The van der Waals surface area contributed by atoms with Crippen LogP contribution in [0, 0.1) is 13.8 Å². The van der Waals surface area contributed by atoms with Gasteiger partial charge >= 0.3 is 0 Å². The summed E-state index contributed by atoms with van der Waals surface area (Å²) in [5.41, 5.74) is 5.55. The SMILES string of the molecule is CCCNC(Cc1cc(C)ccc1C)c1ccccc1. The summed E-state index contributed by atoms with van der Waals surface area (Å²) in [6, 6.07) is 17.9. The Balaban J connectivity index is 2.21. The van der Waals surface area contributed by atoms with Gasteiger partial charge in [0.1, 0.15) is 0 Å². The number of aryl methyl sites for hydroxylation is 2. The average Bonchev–Trinajstić information content (AvgIpc) is 2.48. The van der Waals surface area contributed by atoms with Crippen molar-refractivity contribution in [1.29, 1.82) is 0 Å². The van der Waals surface area contributed by atoms with E-state index in [2.05, 4.69) is 74.6 Å². The van der Waals surface area contributed by atoms with Crippen LogP contribution in [0.1, 0.15) is 41.6 Å². The van der Waals surface area contributed by atoms with Crippen LogP contribution in [0.2, 0.25) is 0 Å². The van der Waals surface area contributed by atoms with E-state index in [0.717, 1.165) is 19.4 Å². The normalized spacial score (nSPS) is 12.3. The van der Waals surface area contributed by atoms with Crippen molar-refractivity contribution in [3.05, 3.63) is 70.8 Å². The molecule has 0 spiro atoms. The fourth-order valence-electron chi connectivity index (χ4n) is 2.55. The molecule has 0 radical (unpaired) electrons.